The number of hydrogen-bond acceptors (Lipinski definition) is 4. The summed E-state index contributed by atoms with van der Waals surface area (Å²) in [5, 5.41) is 9.10. The maximum Gasteiger partial charge on any atom is 0.335 e. The summed E-state index contributed by atoms with van der Waals surface area (Å²) in [7, 11) is 1.69. The summed E-state index contributed by atoms with van der Waals surface area (Å²) in [6.07, 6.45) is 0. The molecular weight excluding hydrogens is 294 g/mol. The monoisotopic (exact) mass is 313 g/mol. The van der Waals surface area contributed by atoms with Gasteiger partial charge in [0, 0.05) is 13.7 Å². The Morgan fingerprint density at radius 2 is 2.04 bits per heavy atom. The Balaban J connectivity index is 1.88. The third-order valence-corrected chi connectivity index (χ3v) is 3.95. The van der Waals surface area contributed by atoms with Crippen LogP contribution in [0.5, 0.6) is 5.75 Å². The molecule has 0 amide bonds. The van der Waals surface area contributed by atoms with E-state index in [1.165, 1.54) is 5.56 Å². The van der Waals surface area contributed by atoms with Crippen molar-refractivity contribution in [3.8, 4) is 5.75 Å². The highest BCUT2D eigenvalue weighted by molar-refractivity contribution is 5.89. The van der Waals surface area contributed by atoms with Crippen LogP contribution in [-0.2, 0) is 17.9 Å². The SMILES string of the molecule is COCc1ccccc1CN1CCOc2cc(C(=O)O)ccc21. The van der Waals surface area contributed by atoms with Gasteiger partial charge in [0.2, 0.25) is 0 Å². The van der Waals surface area contributed by atoms with Gasteiger partial charge in [-0.15, -0.1) is 0 Å². The first-order valence-corrected chi connectivity index (χ1v) is 7.50. The molecule has 0 unspecified atom stereocenters. The highest BCUT2D eigenvalue weighted by atomic mass is 16.5. The maximum atomic E-state index is 11.1. The average molecular weight is 313 g/mol. The van der Waals surface area contributed by atoms with E-state index < -0.39 is 5.97 Å². The summed E-state index contributed by atoms with van der Waals surface area (Å²) in [6, 6.07) is 13.2. The fourth-order valence-corrected chi connectivity index (χ4v) is 2.79. The summed E-state index contributed by atoms with van der Waals surface area (Å²) in [5.74, 6) is -0.320. The zero-order valence-corrected chi connectivity index (χ0v) is 13.0. The van der Waals surface area contributed by atoms with Gasteiger partial charge in [-0.3, -0.25) is 0 Å². The number of aromatic carboxylic acids is 1. The molecule has 120 valence electrons. The molecule has 0 radical (unpaired) electrons. The molecule has 1 N–H and O–H groups in total. The molecule has 0 atom stereocenters. The first-order valence-electron chi connectivity index (χ1n) is 7.50. The number of nitrogens with zero attached hydrogens (tertiary/aromatic N) is 1. The number of ether oxygens (including phenoxy) is 2. The lowest BCUT2D eigenvalue weighted by molar-refractivity contribution is 0.0696. The van der Waals surface area contributed by atoms with E-state index in [0.29, 0.717) is 19.0 Å². The Kier molecular flexibility index (Phi) is 4.48. The molecule has 1 aliphatic rings. The molecule has 0 bridgehead atoms. The zero-order valence-electron chi connectivity index (χ0n) is 13.0. The van der Waals surface area contributed by atoms with Crippen LogP contribution in [0.3, 0.4) is 0 Å². The quantitative estimate of drug-likeness (QED) is 0.919. The van der Waals surface area contributed by atoms with Crippen LogP contribution >= 0.6 is 0 Å². The number of anilines is 1. The Hall–Kier alpha value is -2.53. The normalized spacial score (nSPS) is 13.3. The second-order valence-corrected chi connectivity index (χ2v) is 5.46. The Morgan fingerprint density at radius 1 is 1.26 bits per heavy atom. The minimum Gasteiger partial charge on any atom is -0.490 e. The molecule has 0 aromatic heterocycles. The molecule has 1 heterocycles. The molecule has 1 aliphatic heterocycles. The van der Waals surface area contributed by atoms with E-state index in [1.54, 1.807) is 19.2 Å². The smallest absolute Gasteiger partial charge is 0.335 e. The average Bonchev–Trinajstić information content (AvgIpc) is 2.56. The summed E-state index contributed by atoms with van der Waals surface area (Å²) in [5.41, 5.74) is 3.52. The van der Waals surface area contributed by atoms with Gasteiger partial charge in [0.05, 0.1) is 24.4 Å². The molecule has 0 saturated heterocycles. The Labute approximate surface area is 135 Å². The fourth-order valence-electron chi connectivity index (χ4n) is 2.79. The Morgan fingerprint density at radius 3 is 2.78 bits per heavy atom. The predicted molar refractivity (Wildman–Crippen MR) is 87.1 cm³/mol. The van der Waals surface area contributed by atoms with Gasteiger partial charge in [-0.2, -0.15) is 0 Å². The van der Waals surface area contributed by atoms with Crippen molar-refractivity contribution in [2.75, 3.05) is 25.2 Å². The predicted octanol–water partition coefficient (Wildman–Crippen LogP) is 2.93. The van der Waals surface area contributed by atoms with Crippen molar-refractivity contribution in [1.82, 2.24) is 0 Å². The lowest BCUT2D eigenvalue weighted by Crippen LogP contribution is -2.32. The van der Waals surface area contributed by atoms with Gasteiger partial charge in [-0.1, -0.05) is 24.3 Å². The van der Waals surface area contributed by atoms with Crippen molar-refractivity contribution in [2.45, 2.75) is 13.2 Å². The standard InChI is InChI=1S/C18H19NO4/c1-22-12-15-5-3-2-4-14(15)11-19-8-9-23-17-10-13(18(20)21)6-7-16(17)19/h2-7,10H,8-9,11-12H2,1H3,(H,20,21). The molecule has 0 saturated carbocycles. The van der Waals surface area contributed by atoms with Crippen molar-refractivity contribution in [2.24, 2.45) is 0 Å². The van der Waals surface area contributed by atoms with E-state index in [4.69, 9.17) is 14.6 Å². The molecule has 2 aromatic carbocycles. The Bertz CT molecular complexity index is 714. The minimum atomic E-state index is -0.945. The number of rotatable bonds is 5. The number of hydrogen-bond donors (Lipinski definition) is 1. The van der Waals surface area contributed by atoms with Crippen molar-refractivity contribution in [1.29, 1.82) is 0 Å². The second-order valence-electron chi connectivity index (χ2n) is 5.46. The molecular formula is C18H19NO4. The van der Waals surface area contributed by atoms with E-state index in [9.17, 15) is 4.79 Å². The third kappa shape index (κ3) is 3.29. The lowest BCUT2D eigenvalue weighted by Gasteiger charge is -2.32. The van der Waals surface area contributed by atoms with Crippen molar-refractivity contribution in [3.63, 3.8) is 0 Å². The maximum absolute atomic E-state index is 11.1. The summed E-state index contributed by atoms with van der Waals surface area (Å²) in [4.78, 5) is 13.3. The molecule has 0 fully saturated rings. The van der Waals surface area contributed by atoms with Crippen LogP contribution in [0.15, 0.2) is 42.5 Å². The molecule has 0 aliphatic carbocycles. The molecule has 0 spiro atoms. The number of methoxy groups -OCH3 is 1. The van der Waals surface area contributed by atoms with Crippen LogP contribution in [0.4, 0.5) is 5.69 Å². The summed E-state index contributed by atoms with van der Waals surface area (Å²) < 4.78 is 10.9. The first-order chi connectivity index (χ1) is 11.2. The summed E-state index contributed by atoms with van der Waals surface area (Å²) in [6.45, 7) is 2.62. The van der Waals surface area contributed by atoms with E-state index in [0.717, 1.165) is 24.3 Å². The van der Waals surface area contributed by atoms with E-state index >= 15 is 0 Å². The van der Waals surface area contributed by atoms with Crippen molar-refractivity contribution >= 4 is 11.7 Å². The number of carboxylic acid groups (broad SMARTS) is 1. The minimum absolute atomic E-state index is 0.241. The molecule has 5 heteroatoms. The van der Waals surface area contributed by atoms with Crippen LogP contribution < -0.4 is 9.64 Å². The summed E-state index contributed by atoms with van der Waals surface area (Å²) >= 11 is 0. The number of carboxylic acids is 1. The largest absolute Gasteiger partial charge is 0.490 e. The van der Waals surface area contributed by atoms with Gasteiger partial charge < -0.3 is 19.5 Å². The first kappa shape index (κ1) is 15.4. The fraction of sp³-hybridized carbons (Fsp3) is 0.278. The lowest BCUT2D eigenvalue weighted by atomic mass is 10.1. The van der Waals surface area contributed by atoms with Crippen molar-refractivity contribution < 1.29 is 19.4 Å². The van der Waals surface area contributed by atoms with E-state index in [-0.39, 0.29) is 5.56 Å². The highest BCUT2D eigenvalue weighted by Gasteiger charge is 2.20. The van der Waals surface area contributed by atoms with Gasteiger partial charge >= 0.3 is 5.97 Å². The molecule has 5 nitrogen and oxygen atoms in total. The van der Waals surface area contributed by atoms with Gasteiger partial charge in [0.1, 0.15) is 12.4 Å². The van der Waals surface area contributed by atoms with Crippen LogP contribution in [-0.4, -0.2) is 31.3 Å². The zero-order chi connectivity index (χ0) is 16.2. The van der Waals surface area contributed by atoms with Crippen LogP contribution in [0.25, 0.3) is 0 Å². The van der Waals surface area contributed by atoms with Gasteiger partial charge in [-0.05, 0) is 29.3 Å². The number of fused-ring (bicyclic) bond motifs is 1. The van der Waals surface area contributed by atoms with Crippen LogP contribution in [0.1, 0.15) is 21.5 Å². The van der Waals surface area contributed by atoms with Crippen LogP contribution in [0.2, 0.25) is 0 Å². The molecule has 3 rings (SSSR count). The van der Waals surface area contributed by atoms with Gasteiger partial charge in [0.25, 0.3) is 0 Å². The van der Waals surface area contributed by atoms with Crippen LogP contribution in [0, 0.1) is 0 Å². The van der Waals surface area contributed by atoms with E-state index in [1.807, 2.05) is 18.2 Å². The van der Waals surface area contributed by atoms with Gasteiger partial charge in [-0.25, -0.2) is 4.79 Å². The third-order valence-electron chi connectivity index (χ3n) is 3.95. The second kappa shape index (κ2) is 6.71. The molecule has 2 aromatic rings. The van der Waals surface area contributed by atoms with Gasteiger partial charge in [0.15, 0.2) is 0 Å². The molecule has 23 heavy (non-hydrogen) atoms. The number of carbonyl (C=O) groups is 1. The van der Waals surface area contributed by atoms with Crippen molar-refractivity contribution in [3.05, 3.63) is 59.2 Å². The highest BCUT2D eigenvalue weighted by Crippen LogP contribution is 2.33. The topological polar surface area (TPSA) is 59.0 Å². The van der Waals surface area contributed by atoms with E-state index in [2.05, 4.69) is 17.0 Å². The number of benzene rings is 2.